The second kappa shape index (κ2) is 6.59. The van der Waals surface area contributed by atoms with Crippen molar-refractivity contribution in [3.8, 4) is 11.5 Å². The molecule has 16 heavy (non-hydrogen) atoms. The van der Waals surface area contributed by atoms with Gasteiger partial charge in [0.15, 0.2) is 11.5 Å². The molecule has 1 aromatic carbocycles. The smallest absolute Gasteiger partial charge is 0.161 e. The van der Waals surface area contributed by atoms with Crippen molar-refractivity contribution in [1.29, 1.82) is 0 Å². The average molecular weight is 229 g/mol. The number of methoxy groups -OCH3 is 2. The molecule has 4 N–H and O–H groups in total. The fourth-order valence-electron chi connectivity index (χ4n) is 1.17. The molecule has 1 rings (SSSR count). The normalized spacial score (nSPS) is 8.94. The highest BCUT2D eigenvalue weighted by Crippen LogP contribution is 2.27. The van der Waals surface area contributed by atoms with Gasteiger partial charge in [0.05, 0.1) is 26.1 Å². The molecule has 7 nitrogen and oxygen atoms in total. The Morgan fingerprint density at radius 2 is 1.94 bits per heavy atom. The van der Waals surface area contributed by atoms with E-state index < -0.39 is 0 Å². The highest BCUT2D eigenvalue weighted by atomic mass is 16.6. The molecule has 0 aliphatic carbocycles. The van der Waals surface area contributed by atoms with E-state index in [-0.39, 0.29) is 12.7 Å². The van der Waals surface area contributed by atoms with Gasteiger partial charge in [-0.2, -0.15) is 0 Å². The fraction of sp³-hybridized carbons (Fsp3) is 0.333. The monoisotopic (exact) mass is 229 g/mol. The van der Waals surface area contributed by atoms with E-state index in [1.54, 1.807) is 18.2 Å². The summed E-state index contributed by atoms with van der Waals surface area (Å²) in [5.74, 6) is 1.12. The van der Waals surface area contributed by atoms with E-state index in [2.05, 4.69) is 5.29 Å². The van der Waals surface area contributed by atoms with E-state index in [1.165, 1.54) is 14.2 Å². The average Bonchev–Trinajstić information content (AvgIpc) is 2.28. The molecular formula is C9H15N3O4. The number of hydrogen-bond donors (Lipinski definition) is 2. The molecule has 0 fully saturated rings. The maximum Gasteiger partial charge on any atom is 0.161 e. The summed E-state index contributed by atoms with van der Waals surface area (Å²) in [6.45, 7) is 0.00382. The van der Waals surface area contributed by atoms with Gasteiger partial charge < -0.3 is 15.6 Å². The summed E-state index contributed by atoms with van der Waals surface area (Å²) in [5.41, 5.74) is 0.690. The highest BCUT2D eigenvalue weighted by molar-refractivity contribution is 5.42. The molecule has 0 radical (unpaired) electrons. The number of hydrogen-bond acceptors (Lipinski definition) is 6. The van der Waals surface area contributed by atoms with Crippen molar-refractivity contribution < 1.29 is 14.7 Å². The molecule has 0 saturated carbocycles. The van der Waals surface area contributed by atoms with Crippen molar-refractivity contribution >= 4 is 0 Å². The summed E-state index contributed by atoms with van der Waals surface area (Å²) in [4.78, 5) is 9.96. The lowest BCUT2D eigenvalue weighted by Gasteiger charge is -2.10. The third-order valence-electron chi connectivity index (χ3n) is 1.87. The quantitative estimate of drug-likeness (QED) is 0.588. The summed E-state index contributed by atoms with van der Waals surface area (Å²) >= 11 is 0. The number of benzene rings is 1. The standard InChI is InChI=1S/C9H12N2O4.H3N/c1-14-8-4-3-7(5-9(8)15-2)6-11(13)10-12;/h3-5,13H,6H2,1-2H3;1H3. The number of nitrogens with zero attached hydrogens (tertiary/aromatic N) is 2. The van der Waals surface area contributed by atoms with Gasteiger partial charge in [-0.1, -0.05) is 6.07 Å². The van der Waals surface area contributed by atoms with Gasteiger partial charge in [0.25, 0.3) is 0 Å². The van der Waals surface area contributed by atoms with Gasteiger partial charge in [-0.3, -0.25) is 5.21 Å². The topological polar surface area (TPSA) is 106 Å². The highest BCUT2D eigenvalue weighted by Gasteiger charge is 2.06. The van der Waals surface area contributed by atoms with Crippen LogP contribution >= 0.6 is 0 Å². The molecule has 7 heteroatoms. The Bertz CT molecular complexity index is 346. The Morgan fingerprint density at radius 3 is 2.44 bits per heavy atom. The lowest BCUT2D eigenvalue weighted by atomic mass is 10.2. The van der Waals surface area contributed by atoms with Crippen LogP contribution < -0.4 is 15.6 Å². The Labute approximate surface area is 93.1 Å². The van der Waals surface area contributed by atoms with Crippen molar-refractivity contribution in [3.63, 3.8) is 0 Å². The van der Waals surface area contributed by atoms with Gasteiger partial charge in [0.1, 0.15) is 0 Å². The maximum absolute atomic E-state index is 9.96. The Balaban J connectivity index is 0.00000225. The first-order valence-corrected chi connectivity index (χ1v) is 4.22. The second-order valence-electron chi connectivity index (χ2n) is 2.80. The molecule has 0 bridgehead atoms. The van der Waals surface area contributed by atoms with Gasteiger partial charge in [0.2, 0.25) is 0 Å². The van der Waals surface area contributed by atoms with Crippen LogP contribution in [0.5, 0.6) is 11.5 Å². The predicted molar refractivity (Wildman–Crippen MR) is 57.7 cm³/mol. The molecule has 0 unspecified atom stereocenters. The molecule has 90 valence electrons. The van der Waals surface area contributed by atoms with E-state index in [4.69, 9.17) is 14.7 Å². The van der Waals surface area contributed by atoms with E-state index in [1.807, 2.05) is 0 Å². The zero-order chi connectivity index (χ0) is 11.3. The summed E-state index contributed by atoms with van der Waals surface area (Å²) in [7, 11) is 3.04. The number of ether oxygens (including phenoxy) is 2. The van der Waals surface area contributed by atoms with Crippen molar-refractivity contribution in [2.45, 2.75) is 6.54 Å². The molecule has 0 spiro atoms. The maximum atomic E-state index is 9.96. The van der Waals surface area contributed by atoms with E-state index in [0.29, 0.717) is 22.2 Å². The van der Waals surface area contributed by atoms with Gasteiger partial charge in [0, 0.05) is 0 Å². The van der Waals surface area contributed by atoms with E-state index >= 15 is 0 Å². The summed E-state index contributed by atoms with van der Waals surface area (Å²) < 4.78 is 10.1. The Morgan fingerprint density at radius 1 is 1.31 bits per heavy atom. The van der Waals surface area contributed by atoms with Gasteiger partial charge in [-0.15, -0.1) is 10.1 Å². The largest absolute Gasteiger partial charge is 0.493 e. The van der Waals surface area contributed by atoms with E-state index in [9.17, 15) is 4.91 Å². The first kappa shape index (κ1) is 14.1. The zero-order valence-corrected chi connectivity index (χ0v) is 9.21. The minimum absolute atomic E-state index is 0. The van der Waals surface area contributed by atoms with Crippen molar-refractivity contribution in [2.75, 3.05) is 14.2 Å². The van der Waals surface area contributed by atoms with Crippen LogP contribution in [-0.4, -0.2) is 24.6 Å². The third-order valence-corrected chi connectivity index (χ3v) is 1.87. The zero-order valence-electron chi connectivity index (χ0n) is 9.21. The molecule has 0 heterocycles. The predicted octanol–water partition coefficient (Wildman–Crippen LogP) is 1.74. The van der Waals surface area contributed by atoms with Crippen molar-refractivity contribution in [2.24, 2.45) is 5.29 Å². The van der Waals surface area contributed by atoms with Crippen LogP contribution in [0.1, 0.15) is 5.56 Å². The molecule has 0 saturated heterocycles. The summed E-state index contributed by atoms with van der Waals surface area (Å²) in [6, 6.07) is 5.05. The summed E-state index contributed by atoms with van der Waals surface area (Å²) in [6.07, 6.45) is 0. The van der Waals surface area contributed by atoms with Crippen molar-refractivity contribution in [3.05, 3.63) is 28.7 Å². The Kier molecular flexibility index (Phi) is 5.83. The van der Waals surface area contributed by atoms with Crippen LogP contribution in [0.2, 0.25) is 0 Å². The first-order chi connectivity index (χ1) is 7.21. The minimum atomic E-state index is 0. The first-order valence-electron chi connectivity index (χ1n) is 4.22. The molecule has 0 atom stereocenters. The number of rotatable bonds is 5. The lowest BCUT2D eigenvalue weighted by molar-refractivity contribution is -0.100. The molecule has 0 aliphatic rings. The molecular weight excluding hydrogens is 214 g/mol. The lowest BCUT2D eigenvalue weighted by Crippen LogP contribution is -2.10. The summed E-state index contributed by atoms with van der Waals surface area (Å²) in [5, 5.41) is 11.5. The number of nitroso groups, excluding NO2 is 1. The third kappa shape index (κ3) is 3.37. The molecule has 0 aromatic heterocycles. The van der Waals surface area contributed by atoms with Crippen LogP contribution in [0.3, 0.4) is 0 Å². The van der Waals surface area contributed by atoms with Gasteiger partial charge in [-0.25, -0.2) is 0 Å². The fourth-order valence-corrected chi connectivity index (χ4v) is 1.17. The van der Waals surface area contributed by atoms with Crippen molar-refractivity contribution in [1.82, 2.24) is 11.3 Å². The van der Waals surface area contributed by atoms with Gasteiger partial charge >= 0.3 is 0 Å². The van der Waals surface area contributed by atoms with Gasteiger partial charge in [-0.05, 0) is 17.7 Å². The molecule has 0 amide bonds. The van der Waals surface area contributed by atoms with Crippen LogP contribution in [-0.2, 0) is 6.54 Å². The van der Waals surface area contributed by atoms with Crippen LogP contribution in [0.15, 0.2) is 23.5 Å². The van der Waals surface area contributed by atoms with E-state index in [0.717, 1.165) is 0 Å². The van der Waals surface area contributed by atoms with Crippen LogP contribution in [0.4, 0.5) is 0 Å². The molecule has 1 aromatic rings. The van der Waals surface area contributed by atoms with Crippen LogP contribution in [0.25, 0.3) is 0 Å². The number of hydroxylamine groups is 1. The SMILES string of the molecule is COc1ccc(CN(O)N=O)cc1OC.N. The Hall–Kier alpha value is -1.86. The minimum Gasteiger partial charge on any atom is -0.493 e. The molecule has 0 aliphatic heterocycles. The van der Waals surface area contributed by atoms with Crippen LogP contribution in [0, 0.1) is 4.91 Å². The second-order valence-corrected chi connectivity index (χ2v) is 2.80.